The largest absolute Gasteiger partial charge is 0.437 e. The van der Waals surface area contributed by atoms with Gasteiger partial charge in [-0.25, -0.2) is 9.97 Å². The molecule has 0 saturated carbocycles. The highest BCUT2D eigenvalue weighted by Crippen LogP contribution is 2.39. The summed E-state index contributed by atoms with van der Waals surface area (Å²) in [6.45, 7) is 4.10. The third-order valence-corrected chi connectivity index (χ3v) is 6.97. The number of aryl methyl sites for hydroxylation is 2. The zero-order chi connectivity index (χ0) is 24.2. The Balaban J connectivity index is 1.57. The maximum atomic E-state index is 6.41. The molecule has 0 aliphatic rings. The highest BCUT2D eigenvalue weighted by atomic mass is 16.3. The summed E-state index contributed by atoms with van der Waals surface area (Å²) >= 11 is 0. The van der Waals surface area contributed by atoms with Crippen LogP contribution < -0.4 is 0 Å². The molecule has 0 fully saturated rings. The molecule has 0 aliphatic heterocycles. The van der Waals surface area contributed by atoms with Gasteiger partial charge in [0.15, 0.2) is 0 Å². The number of pyridine rings is 1. The Morgan fingerprint density at radius 1 is 0.667 bits per heavy atom. The summed E-state index contributed by atoms with van der Waals surface area (Å²) in [7, 11) is 0. The van der Waals surface area contributed by atoms with E-state index in [1.165, 1.54) is 0 Å². The summed E-state index contributed by atoms with van der Waals surface area (Å²) in [4.78, 5) is 9.86. The van der Waals surface area contributed by atoms with E-state index in [9.17, 15) is 0 Å². The summed E-state index contributed by atoms with van der Waals surface area (Å²) in [5, 5.41) is 2.08. The standard InChI is InChI=1S/C32H23N3O/c1-20-19-26-24-14-10-15-25(30(24)36-32(26)33-21(20)2)31-34-27-16-7-9-18-29(27)35(31)28-17-8-6-13-23(28)22-11-4-3-5-12-22/h3-19H,1-2H3. The minimum absolute atomic E-state index is 0.660. The van der Waals surface area contributed by atoms with Gasteiger partial charge in [0.05, 0.1) is 22.3 Å². The second kappa shape index (κ2) is 7.92. The third kappa shape index (κ3) is 3.08. The van der Waals surface area contributed by atoms with Crippen molar-refractivity contribution in [2.24, 2.45) is 0 Å². The molecule has 7 aromatic rings. The molecule has 4 aromatic carbocycles. The first-order valence-corrected chi connectivity index (χ1v) is 12.1. The molecule has 0 spiro atoms. The number of imidazole rings is 1. The van der Waals surface area contributed by atoms with Crippen molar-refractivity contribution in [2.75, 3.05) is 0 Å². The first-order valence-electron chi connectivity index (χ1n) is 12.1. The van der Waals surface area contributed by atoms with Gasteiger partial charge in [-0.2, -0.15) is 0 Å². The van der Waals surface area contributed by atoms with E-state index in [4.69, 9.17) is 14.4 Å². The molecule has 0 aliphatic carbocycles. The fourth-order valence-corrected chi connectivity index (χ4v) is 5.07. The van der Waals surface area contributed by atoms with Gasteiger partial charge in [-0.15, -0.1) is 0 Å². The van der Waals surface area contributed by atoms with E-state index in [-0.39, 0.29) is 0 Å². The minimum Gasteiger partial charge on any atom is -0.437 e. The fraction of sp³-hybridized carbons (Fsp3) is 0.0625. The molecule has 4 heteroatoms. The van der Waals surface area contributed by atoms with Crippen LogP contribution in [0.2, 0.25) is 0 Å². The zero-order valence-electron chi connectivity index (χ0n) is 20.1. The molecule has 0 amide bonds. The maximum Gasteiger partial charge on any atom is 0.227 e. The van der Waals surface area contributed by atoms with Crippen molar-refractivity contribution in [3.63, 3.8) is 0 Å². The second-order valence-corrected chi connectivity index (χ2v) is 9.17. The average Bonchev–Trinajstić information content (AvgIpc) is 3.47. The number of hydrogen-bond acceptors (Lipinski definition) is 3. The topological polar surface area (TPSA) is 43.9 Å². The lowest BCUT2D eigenvalue weighted by molar-refractivity contribution is 0.652. The van der Waals surface area contributed by atoms with Crippen molar-refractivity contribution in [1.29, 1.82) is 0 Å². The molecule has 3 aromatic heterocycles. The van der Waals surface area contributed by atoms with Crippen LogP contribution in [0.15, 0.2) is 108 Å². The van der Waals surface area contributed by atoms with Gasteiger partial charge in [-0.1, -0.05) is 72.8 Å². The van der Waals surface area contributed by atoms with Crippen molar-refractivity contribution in [3.05, 3.63) is 114 Å². The molecule has 7 rings (SSSR count). The molecule has 172 valence electrons. The molecule has 4 nitrogen and oxygen atoms in total. The van der Waals surface area contributed by atoms with Crippen LogP contribution in [0, 0.1) is 13.8 Å². The highest BCUT2D eigenvalue weighted by molar-refractivity contribution is 6.09. The van der Waals surface area contributed by atoms with Crippen LogP contribution in [0.3, 0.4) is 0 Å². The molecule has 0 radical (unpaired) electrons. The van der Waals surface area contributed by atoms with E-state index in [1.54, 1.807) is 0 Å². The summed E-state index contributed by atoms with van der Waals surface area (Å²) in [5.74, 6) is 0.845. The normalized spacial score (nSPS) is 11.6. The van der Waals surface area contributed by atoms with Crippen LogP contribution in [-0.4, -0.2) is 14.5 Å². The summed E-state index contributed by atoms with van der Waals surface area (Å²) in [6, 6.07) is 35.7. The van der Waals surface area contributed by atoms with E-state index in [0.29, 0.717) is 5.71 Å². The van der Waals surface area contributed by atoms with Gasteiger partial charge in [0.1, 0.15) is 11.4 Å². The van der Waals surface area contributed by atoms with E-state index in [0.717, 1.165) is 66.8 Å². The van der Waals surface area contributed by atoms with Gasteiger partial charge in [0, 0.05) is 22.0 Å². The van der Waals surface area contributed by atoms with Crippen LogP contribution in [0.5, 0.6) is 0 Å². The van der Waals surface area contributed by atoms with Gasteiger partial charge < -0.3 is 4.42 Å². The minimum atomic E-state index is 0.660. The van der Waals surface area contributed by atoms with Crippen LogP contribution in [0.1, 0.15) is 11.3 Å². The summed E-state index contributed by atoms with van der Waals surface area (Å²) < 4.78 is 8.66. The number of aromatic nitrogens is 3. The molecule has 0 unspecified atom stereocenters. The quantitative estimate of drug-likeness (QED) is 0.264. The predicted molar refractivity (Wildman–Crippen MR) is 146 cm³/mol. The van der Waals surface area contributed by atoms with Crippen LogP contribution in [0.25, 0.3) is 61.3 Å². The molecule has 0 bridgehead atoms. The van der Waals surface area contributed by atoms with E-state index >= 15 is 0 Å². The van der Waals surface area contributed by atoms with Crippen LogP contribution in [-0.2, 0) is 0 Å². The van der Waals surface area contributed by atoms with Crippen LogP contribution in [0.4, 0.5) is 0 Å². The summed E-state index contributed by atoms with van der Waals surface area (Å²) in [5.41, 5.74) is 9.91. The van der Waals surface area contributed by atoms with E-state index in [2.05, 4.69) is 102 Å². The maximum absolute atomic E-state index is 6.41. The van der Waals surface area contributed by atoms with Crippen LogP contribution >= 0.6 is 0 Å². The number of furan rings is 1. The Morgan fingerprint density at radius 2 is 1.42 bits per heavy atom. The van der Waals surface area contributed by atoms with Gasteiger partial charge >= 0.3 is 0 Å². The number of rotatable bonds is 3. The molecule has 0 N–H and O–H groups in total. The van der Waals surface area contributed by atoms with Crippen molar-refractivity contribution in [2.45, 2.75) is 13.8 Å². The Labute approximate surface area is 208 Å². The van der Waals surface area contributed by atoms with E-state index in [1.807, 2.05) is 19.1 Å². The Bertz CT molecular complexity index is 1910. The highest BCUT2D eigenvalue weighted by Gasteiger charge is 2.21. The molecule has 36 heavy (non-hydrogen) atoms. The number of para-hydroxylation sites is 4. The first-order chi connectivity index (χ1) is 17.7. The van der Waals surface area contributed by atoms with Gasteiger partial charge in [0.2, 0.25) is 5.71 Å². The lowest BCUT2D eigenvalue weighted by Crippen LogP contribution is -2.00. The number of fused-ring (bicyclic) bond motifs is 4. The van der Waals surface area contributed by atoms with Crippen molar-refractivity contribution >= 4 is 33.1 Å². The lowest BCUT2D eigenvalue weighted by atomic mass is 10.0. The predicted octanol–water partition coefficient (Wildman–Crippen LogP) is 8.27. The molecule has 0 saturated heterocycles. The second-order valence-electron chi connectivity index (χ2n) is 9.17. The molecule has 0 atom stereocenters. The lowest BCUT2D eigenvalue weighted by Gasteiger charge is -2.15. The Hall–Kier alpha value is -4.70. The number of nitrogens with zero attached hydrogens (tertiary/aromatic N) is 3. The van der Waals surface area contributed by atoms with Gasteiger partial charge in [-0.05, 0) is 55.3 Å². The van der Waals surface area contributed by atoms with Crippen molar-refractivity contribution < 1.29 is 4.42 Å². The van der Waals surface area contributed by atoms with Crippen molar-refractivity contribution in [1.82, 2.24) is 14.5 Å². The molecule has 3 heterocycles. The number of benzene rings is 4. The van der Waals surface area contributed by atoms with Gasteiger partial charge in [-0.3, -0.25) is 4.57 Å². The monoisotopic (exact) mass is 465 g/mol. The number of hydrogen-bond donors (Lipinski definition) is 0. The average molecular weight is 466 g/mol. The van der Waals surface area contributed by atoms with Crippen molar-refractivity contribution in [3.8, 4) is 28.2 Å². The molecular weight excluding hydrogens is 442 g/mol. The SMILES string of the molecule is Cc1cc2c(nc1C)oc1c(-c3nc4ccccc4n3-c3ccccc3-c3ccccc3)cccc12. The Kier molecular flexibility index (Phi) is 4.55. The summed E-state index contributed by atoms with van der Waals surface area (Å²) in [6.07, 6.45) is 0. The molecular formula is C32H23N3O. The fourth-order valence-electron chi connectivity index (χ4n) is 5.07. The van der Waals surface area contributed by atoms with E-state index < -0.39 is 0 Å². The zero-order valence-corrected chi connectivity index (χ0v) is 20.1. The smallest absolute Gasteiger partial charge is 0.227 e. The first kappa shape index (κ1) is 20.7. The Morgan fingerprint density at radius 3 is 2.31 bits per heavy atom. The van der Waals surface area contributed by atoms with Gasteiger partial charge in [0.25, 0.3) is 0 Å². The third-order valence-electron chi connectivity index (χ3n) is 6.97.